The van der Waals surface area contributed by atoms with E-state index in [9.17, 15) is 0 Å². The minimum atomic E-state index is -0.179. The Morgan fingerprint density at radius 1 is 0.958 bits per heavy atom. The van der Waals surface area contributed by atoms with E-state index in [1.807, 2.05) is 0 Å². The lowest BCUT2D eigenvalue weighted by molar-refractivity contribution is 0.288. The lowest BCUT2D eigenvalue weighted by Crippen LogP contribution is -2.44. The third-order valence-corrected chi connectivity index (χ3v) is 6.58. The highest BCUT2D eigenvalue weighted by Gasteiger charge is 2.46. The number of hydrogen-bond donors (Lipinski definition) is 0. The molecule has 2 heteroatoms. The van der Waals surface area contributed by atoms with Crippen LogP contribution in [0.1, 0.15) is 45.9 Å². The highest BCUT2D eigenvalue weighted by molar-refractivity contribution is 6.14. The summed E-state index contributed by atoms with van der Waals surface area (Å²) in [6, 6.07) is 13.0. The molecule has 4 aromatic rings. The van der Waals surface area contributed by atoms with Crippen molar-refractivity contribution in [3.63, 3.8) is 0 Å². The molecular formula is C22H22N2. The molecule has 0 N–H and O–H groups in total. The van der Waals surface area contributed by atoms with Crippen molar-refractivity contribution in [3.05, 3.63) is 59.4 Å². The Bertz CT molecular complexity index is 1210. The predicted molar refractivity (Wildman–Crippen MR) is 101 cm³/mol. The first-order valence-corrected chi connectivity index (χ1v) is 8.61. The predicted octanol–water partition coefficient (Wildman–Crippen LogP) is 5.52. The second-order valence-corrected chi connectivity index (χ2v) is 8.18. The van der Waals surface area contributed by atoms with Crippen molar-refractivity contribution in [2.45, 2.75) is 45.4 Å². The quantitative estimate of drug-likeness (QED) is 0.391. The van der Waals surface area contributed by atoms with Crippen LogP contribution in [0.4, 0.5) is 0 Å². The number of imidazole rings is 1. The molecule has 0 radical (unpaired) electrons. The van der Waals surface area contributed by atoms with E-state index in [1.165, 1.54) is 27.4 Å². The third kappa shape index (κ3) is 1.33. The van der Waals surface area contributed by atoms with Gasteiger partial charge in [0.15, 0.2) is 0 Å². The van der Waals surface area contributed by atoms with Gasteiger partial charge in [0.2, 0.25) is 0 Å². The molecule has 2 aromatic carbocycles. The number of fused-ring (bicyclic) bond motifs is 3. The number of hydrogen-bond acceptors (Lipinski definition) is 1. The van der Waals surface area contributed by atoms with Crippen LogP contribution >= 0.6 is 0 Å². The Morgan fingerprint density at radius 2 is 1.67 bits per heavy atom. The first-order valence-electron chi connectivity index (χ1n) is 9.11. The minimum Gasteiger partial charge on any atom is -0.295 e. The second kappa shape index (κ2) is 4.00. The summed E-state index contributed by atoms with van der Waals surface area (Å²) < 4.78 is 10.9. The van der Waals surface area contributed by atoms with Crippen LogP contribution in [-0.2, 0) is 10.8 Å². The van der Waals surface area contributed by atoms with Crippen LogP contribution in [-0.4, -0.2) is 9.38 Å². The molecule has 1 aliphatic rings. The molecule has 120 valence electrons. The molecule has 24 heavy (non-hydrogen) atoms. The number of nitrogens with zero attached hydrogens (tertiary/aromatic N) is 2. The second-order valence-electron chi connectivity index (χ2n) is 8.18. The Kier molecular flexibility index (Phi) is 2.17. The van der Waals surface area contributed by atoms with E-state index in [1.54, 1.807) is 0 Å². The summed E-state index contributed by atoms with van der Waals surface area (Å²) in [5.74, 6) is 0. The van der Waals surface area contributed by atoms with Crippen LogP contribution in [0.3, 0.4) is 0 Å². The zero-order valence-corrected chi connectivity index (χ0v) is 14.9. The molecule has 1 aliphatic heterocycles. The largest absolute Gasteiger partial charge is 0.295 e. The van der Waals surface area contributed by atoms with E-state index in [4.69, 9.17) is 6.35 Å². The molecular weight excluding hydrogens is 292 g/mol. The normalized spacial score (nSPS) is 18.6. The first-order chi connectivity index (χ1) is 11.8. The van der Waals surface area contributed by atoms with E-state index in [0.29, 0.717) is 6.17 Å². The summed E-state index contributed by atoms with van der Waals surface area (Å²) in [5.41, 5.74) is 5.54. The standard InChI is InChI=1S/C22H22N2/c1-13-10-11-16-19-18(13)14-8-6-7-9-15(14)20-23-12-17(24(19)20)22(4,5)21(16,2)3/h6-12H,1-5H3/i12D. The Labute approximate surface area is 143 Å². The fraction of sp³-hybridized carbons (Fsp3) is 0.318. The van der Waals surface area contributed by atoms with Gasteiger partial charge in [-0.1, -0.05) is 64.1 Å². The number of rotatable bonds is 0. The monoisotopic (exact) mass is 315 g/mol. The Balaban J connectivity index is 2.26. The van der Waals surface area contributed by atoms with Gasteiger partial charge in [-0.25, -0.2) is 4.98 Å². The molecule has 0 atom stereocenters. The molecule has 2 aromatic heterocycles. The number of aromatic nitrogens is 2. The van der Waals surface area contributed by atoms with Gasteiger partial charge in [0.05, 0.1) is 6.89 Å². The summed E-state index contributed by atoms with van der Waals surface area (Å²) in [5, 5.41) is 3.66. The molecule has 2 nitrogen and oxygen atoms in total. The van der Waals surface area contributed by atoms with Gasteiger partial charge >= 0.3 is 0 Å². The molecule has 0 aliphatic carbocycles. The SMILES string of the molecule is [2H]c1nc2c3ccccc3c3c(C)ccc4c3n2c1C(C)(C)C4(C)C. The lowest BCUT2D eigenvalue weighted by Gasteiger charge is -2.46. The molecule has 0 spiro atoms. The van der Waals surface area contributed by atoms with E-state index in [2.05, 4.69) is 75.4 Å². The smallest absolute Gasteiger partial charge is 0.145 e. The average molecular weight is 315 g/mol. The summed E-state index contributed by atoms with van der Waals surface area (Å²) >= 11 is 0. The van der Waals surface area contributed by atoms with Crippen LogP contribution in [0.2, 0.25) is 0 Å². The zero-order valence-electron chi connectivity index (χ0n) is 15.9. The third-order valence-electron chi connectivity index (χ3n) is 6.58. The Hall–Kier alpha value is -2.35. The van der Waals surface area contributed by atoms with Crippen molar-refractivity contribution >= 4 is 27.3 Å². The molecule has 0 amide bonds. The molecule has 0 unspecified atom stereocenters. The fourth-order valence-corrected chi connectivity index (χ4v) is 4.43. The van der Waals surface area contributed by atoms with Crippen LogP contribution < -0.4 is 0 Å². The van der Waals surface area contributed by atoms with Gasteiger partial charge in [0.1, 0.15) is 5.65 Å². The van der Waals surface area contributed by atoms with Gasteiger partial charge < -0.3 is 0 Å². The average Bonchev–Trinajstić information content (AvgIpc) is 2.91. The van der Waals surface area contributed by atoms with Crippen molar-refractivity contribution in [1.82, 2.24) is 9.38 Å². The summed E-state index contributed by atoms with van der Waals surface area (Å²) in [7, 11) is 0. The van der Waals surface area contributed by atoms with Gasteiger partial charge in [0.25, 0.3) is 0 Å². The molecule has 0 bridgehead atoms. The number of pyridine rings is 1. The summed E-state index contributed by atoms with van der Waals surface area (Å²) in [6.07, 6.45) is 0.405. The van der Waals surface area contributed by atoms with E-state index >= 15 is 0 Å². The topological polar surface area (TPSA) is 17.3 Å². The van der Waals surface area contributed by atoms with Gasteiger partial charge in [-0.15, -0.1) is 0 Å². The highest BCUT2D eigenvalue weighted by Crippen LogP contribution is 2.51. The van der Waals surface area contributed by atoms with Gasteiger partial charge in [0, 0.05) is 33.5 Å². The van der Waals surface area contributed by atoms with Crippen LogP contribution in [0.25, 0.3) is 27.3 Å². The molecule has 0 fully saturated rings. The highest BCUT2D eigenvalue weighted by atomic mass is 15.0. The molecule has 0 saturated heterocycles. The van der Waals surface area contributed by atoms with Crippen molar-refractivity contribution in [3.8, 4) is 0 Å². The Morgan fingerprint density at radius 3 is 2.42 bits per heavy atom. The van der Waals surface area contributed by atoms with E-state index in [-0.39, 0.29) is 10.8 Å². The maximum Gasteiger partial charge on any atom is 0.145 e. The van der Waals surface area contributed by atoms with Crippen molar-refractivity contribution in [1.29, 1.82) is 0 Å². The number of aryl methyl sites for hydroxylation is 1. The molecule has 5 rings (SSSR count). The fourth-order valence-electron chi connectivity index (χ4n) is 4.43. The van der Waals surface area contributed by atoms with E-state index < -0.39 is 0 Å². The van der Waals surface area contributed by atoms with Gasteiger partial charge in [-0.05, 0) is 23.4 Å². The minimum absolute atomic E-state index is 0.0832. The summed E-state index contributed by atoms with van der Waals surface area (Å²) in [6.45, 7) is 11.3. The van der Waals surface area contributed by atoms with E-state index in [0.717, 1.165) is 16.7 Å². The van der Waals surface area contributed by atoms with Crippen molar-refractivity contribution in [2.75, 3.05) is 0 Å². The summed E-state index contributed by atoms with van der Waals surface area (Å²) in [4.78, 5) is 4.72. The zero-order chi connectivity index (χ0) is 17.7. The molecule has 0 saturated carbocycles. The van der Waals surface area contributed by atoms with Crippen molar-refractivity contribution in [2.24, 2.45) is 0 Å². The van der Waals surface area contributed by atoms with Crippen LogP contribution in [0.5, 0.6) is 0 Å². The van der Waals surface area contributed by atoms with Crippen LogP contribution in [0.15, 0.2) is 42.6 Å². The van der Waals surface area contributed by atoms with Gasteiger partial charge in [-0.3, -0.25) is 4.40 Å². The first kappa shape index (κ1) is 13.0. The lowest BCUT2D eigenvalue weighted by atomic mass is 9.60. The van der Waals surface area contributed by atoms with Crippen LogP contribution in [0, 0.1) is 6.92 Å². The number of benzene rings is 2. The molecule has 3 heterocycles. The van der Waals surface area contributed by atoms with Crippen molar-refractivity contribution < 1.29 is 1.37 Å². The maximum atomic E-state index is 8.63. The maximum absolute atomic E-state index is 8.63. The van der Waals surface area contributed by atoms with Gasteiger partial charge in [-0.2, -0.15) is 0 Å².